The summed E-state index contributed by atoms with van der Waals surface area (Å²) in [6, 6.07) is 8.28. The lowest BCUT2D eigenvalue weighted by molar-refractivity contribution is 0.551. The fraction of sp³-hybridized carbons (Fsp3) is 0.0769. The SMILES string of the molecule is CNc1nc(Sc2nc3ccccc3[nH]2)c(F)cc1F. The number of aromatic amines is 1. The highest BCUT2D eigenvalue weighted by atomic mass is 32.2. The van der Waals surface area contributed by atoms with Gasteiger partial charge in [-0.25, -0.2) is 18.7 Å². The van der Waals surface area contributed by atoms with Crippen molar-refractivity contribution in [2.24, 2.45) is 0 Å². The zero-order chi connectivity index (χ0) is 14.1. The molecule has 2 aromatic heterocycles. The summed E-state index contributed by atoms with van der Waals surface area (Å²) in [4.78, 5) is 11.3. The minimum atomic E-state index is -0.723. The third kappa shape index (κ3) is 2.32. The van der Waals surface area contributed by atoms with Gasteiger partial charge in [0.25, 0.3) is 0 Å². The van der Waals surface area contributed by atoms with Crippen molar-refractivity contribution >= 4 is 28.6 Å². The first kappa shape index (κ1) is 12.9. The Bertz CT molecular complexity index is 739. The van der Waals surface area contributed by atoms with Gasteiger partial charge in [-0.3, -0.25) is 0 Å². The van der Waals surface area contributed by atoms with E-state index in [0.29, 0.717) is 5.16 Å². The molecule has 7 heteroatoms. The molecule has 3 rings (SSSR count). The quantitative estimate of drug-likeness (QED) is 0.776. The summed E-state index contributed by atoms with van der Waals surface area (Å²) in [6.07, 6.45) is 0. The highest BCUT2D eigenvalue weighted by molar-refractivity contribution is 7.99. The van der Waals surface area contributed by atoms with Crippen molar-refractivity contribution in [3.8, 4) is 0 Å². The highest BCUT2D eigenvalue weighted by Gasteiger charge is 2.14. The average molecular weight is 292 g/mol. The lowest BCUT2D eigenvalue weighted by atomic mass is 10.3. The van der Waals surface area contributed by atoms with Gasteiger partial charge in [0, 0.05) is 13.1 Å². The summed E-state index contributed by atoms with van der Waals surface area (Å²) >= 11 is 1.02. The number of fused-ring (bicyclic) bond motifs is 1. The number of nitrogens with zero attached hydrogens (tertiary/aromatic N) is 2. The molecule has 0 atom stereocenters. The van der Waals surface area contributed by atoms with E-state index < -0.39 is 11.6 Å². The Morgan fingerprint density at radius 1 is 1.15 bits per heavy atom. The molecule has 1 aromatic carbocycles. The normalized spacial score (nSPS) is 10.9. The Labute approximate surface area is 117 Å². The molecule has 3 aromatic rings. The third-order valence-corrected chi connectivity index (χ3v) is 3.56. The molecular weight excluding hydrogens is 282 g/mol. The summed E-state index contributed by atoms with van der Waals surface area (Å²) in [5, 5.41) is 3.15. The fourth-order valence-corrected chi connectivity index (χ4v) is 2.55. The van der Waals surface area contributed by atoms with E-state index in [1.165, 1.54) is 7.05 Å². The van der Waals surface area contributed by atoms with E-state index >= 15 is 0 Å². The van der Waals surface area contributed by atoms with Crippen LogP contribution in [0, 0.1) is 11.6 Å². The van der Waals surface area contributed by atoms with Gasteiger partial charge in [-0.1, -0.05) is 12.1 Å². The molecular formula is C13H10F2N4S. The van der Waals surface area contributed by atoms with E-state index in [1.807, 2.05) is 24.3 Å². The zero-order valence-corrected chi connectivity index (χ0v) is 11.3. The van der Waals surface area contributed by atoms with Crippen LogP contribution in [0.3, 0.4) is 0 Å². The van der Waals surface area contributed by atoms with Crippen LogP contribution in [0.25, 0.3) is 11.0 Å². The molecule has 4 nitrogen and oxygen atoms in total. The Hall–Kier alpha value is -2.15. The van der Waals surface area contributed by atoms with Crippen molar-refractivity contribution in [2.75, 3.05) is 12.4 Å². The van der Waals surface area contributed by atoms with Crippen molar-refractivity contribution in [3.05, 3.63) is 42.0 Å². The van der Waals surface area contributed by atoms with Gasteiger partial charge in [-0.2, -0.15) is 0 Å². The van der Waals surface area contributed by atoms with Gasteiger partial charge in [-0.15, -0.1) is 0 Å². The number of pyridine rings is 1. The number of halogens is 2. The molecule has 0 unspecified atom stereocenters. The number of benzene rings is 1. The number of hydrogen-bond acceptors (Lipinski definition) is 4. The van der Waals surface area contributed by atoms with Gasteiger partial charge in [-0.05, 0) is 23.9 Å². The van der Waals surface area contributed by atoms with E-state index in [0.717, 1.165) is 28.9 Å². The predicted molar refractivity (Wildman–Crippen MR) is 73.9 cm³/mol. The molecule has 20 heavy (non-hydrogen) atoms. The molecule has 0 radical (unpaired) electrons. The molecule has 0 saturated heterocycles. The van der Waals surface area contributed by atoms with Gasteiger partial charge in [0.05, 0.1) is 11.0 Å². The van der Waals surface area contributed by atoms with E-state index in [-0.39, 0.29) is 10.8 Å². The Balaban J connectivity index is 1.98. The van der Waals surface area contributed by atoms with Crippen LogP contribution >= 0.6 is 11.8 Å². The smallest absolute Gasteiger partial charge is 0.172 e. The van der Waals surface area contributed by atoms with Crippen molar-refractivity contribution in [1.82, 2.24) is 15.0 Å². The minimum Gasteiger partial charge on any atom is -0.371 e. The molecule has 0 aliphatic rings. The standard InChI is InChI=1S/C13H10F2N4S/c1-16-11-7(14)6-8(15)12(19-11)20-13-17-9-4-2-3-5-10(9)18-13/h2-6H,1H3,(H,16,19)(H,17,18). The number of hydrogen-bond donors (Lipinski definition) is 2. The molecule has 102 valence electrons. The summed E-state index contributed by atoms with van der Waals surface area (Å²) in [5.74, 6) is -1.43. The summed E-state index contributed by atoms with van der Waals surface area (Å²) < 4.78 is 27.1. The number of rotatable bonds is 3. The van der Waals surface area contributed by atoms with E-state index in [2.05, 4.69) is 20.3 Å². The van der Waals surface area contributed by atoms with Crippen LogP contribution in [0.4, 0.5) is 14.6 Å². The largest absolute Gasteiger partial charge is 0.371 e. The zero-order valence-electron chi connectivity index (χ0n) is 10.4. The van der Waals surface area contributed by atoms with Gasteiger partial charge in [0.2, 0.25) is 0 Å². The van der Waals surface area contributed by atoms with Crippen molar-refractivity contribution < 1.29 is 8.78 Å². The van der Waals surface area contributed by atoms with Crippen LogP contribution < -0.4 is 5.32 Å². The number of anilines is 1. The van der Waals surface area contributed by atoms with Crippen molar-refractivity contribution in [1.29, 1.82) is 0 Å². The maximum Gasteiger partial charge on any atom is 0.172 e. The molecule has 0 amide bonds. The Kier molecular flexibility index (Phi) is 3.27. The summed E-state index contributed by atoms with van der Waals surface area (Å²) in [7, 11) is 1.53. The van der Waals surface area contributed by atoms with Crippen molar-refractivity contribution in [3.63, 3.8) is 0 Å². The van der Waals surface area contributed by atoms with Crippen LogP contribution in [-0.2, 0) is 0 Å². The van der Waals surface area contributed by atoms with Crippen molar-refractivity contribution in [2.45, 2.75) is 10.2 Å². The first-order chi connectivity index (χ1) is 9.67. The average Bonchev–Trinajstić information content (AvgIpc) is 2.84. The summed E-state index contributed by atoms with van der Waals surface area (Å²) in [6.45, 7) is 0. The number of imidazole rings is 1. The summed E-state index contributed by atoms with van der Waals surface area (Å²) in [5.41, 5.74) is 1.64. The maximum atomic E-state index is 13.7. The van der Waals surface area contributed by atoms with Gasteiger partial charge in [0.15, 0.2) is 22.6 Å². The number of aromatic nitrogens is 3. The molecule has 2 N–H and O–H groups in total. The van der Waals surface area contributed by atoms with Gasteiger partial charge in [0.1, 0.15) is 5.03 Å². The van der Waals surface area contributed by atoms with Gasteiger partial charge < -0.3 is 10.3 Å². The van der Waals surface area contributed by atoms with Gasteiger partial charge >= 0.3 is 0 Å². The second-order valence-corrected chi connectivity index (χ2v) is 4.99. The van der Waals surface area contributed by atoms with E-state index in [4.69, 9.17) is 0 Å². The molecule has 0 saturated carbocycles. The highest BCUT2D eigenvalue weighted by Crippen LogP contribution is 2.29. The Morgan fingerprint density at radius 3 is 2.70 bits per heavy atom. The molecule has 0 aliphatic carbocycles. The van der Waals surface area contributed by atoms with Crippen LogP contribution in [0.15, 0.2) is 40.5 Å². The first-order valence-corrected chi connectivity index (χ1v) is 6.65. The second-order valence-electron chi connectivity index (χ2n) is 4.02. The molecule has 0 spiro atoms. The first-order valence-electron chi connectivity index (χ1n) is 5.84. The lowest BCUT2D eigenvalue weighted by Gasteiger charge is -2.04. The molecule has 0 bridgehead atoms. The number of H-pyrrole nitrogens is 1. The van der Waals surface area contributed by atoms with E-state index in [9.17, 15) is 8.78 Å². The monoisotopic (exact) mass is 292 g/mol. The number of para-hydroxylation sites is 2. The predicted octanol–water partition coefficient (Wildman–Crippen LogP) is 3.43. The fourth-order valence-electron chi connectivity index (χ4n) is 1.77. The van der Waals surface area contributed by atoms with Crippen LogP contribution in [0.2, 0.25) is 0 Å². The molecule has 2 heterocycles. The second kappa shape index (κ2) is 5.09. The van der Waals surface area contributed by atoms with Crippen LogP contribution in [-0.4, -0.2) is 22.0 Å². The van der Waals surface area contributed by atoms with E-state index in [1.54, 1.807) is 0 Å². The Morgan fingerprint density at radius 2 is 1.95 bits per heavy atom. The van der Waals surface area contributed by atoms with Crippen LogP contribution in [0.5, 0.6) is 0 Å². The lowest BCUT2D eigenvalue weighted by Crippen LogP contribution is -1.99. The van der Waals surface area contributed by atoms with Crippen LogP contribution in [0.1, 0.15) is 0 Å². The number of nitrogens with one attached hydrogen (secondary N) is 2. The molecule has 0 fully saturated rings. The molecule has 0 aliphatic heterocycles. The topological polar surface area (TPSA) is 53.6 Å². The maximum absolute atomic E-state index is 13.7. The third-order valence-electron chi connectivity index (χ3n) is 2.70. The minimum absolute atomic E-state index is 0.00464.